The number of carbonyl (C=O) groups excluding carboxylic acids is 2. The Morgan fingerprint density at radius 3 is 2.50 bits per heavy atom. The molecule has 2 aromatic rings. The predicted molar refractivity (Wildman–Crippen MR) is 97.4 cm³/mol. The Morgan fingerprint density at radius 2 is 1.79 bits per heavy atom. The van der Waals surface area contributed by atoms with E-state index < -0.39 is 0 Å². The van der Waals surface area contributed by atoms with Gasteiger partial charge in [-0.1, -0.05) is 31.2 Å². The number of hydrogen-bond acceptors (Lipinski definition) is 3. The van der Waals surface area contributed by atoms with Gasteiger partial charge in [0.2, 0.25) is 5.91 Å². The molecular weight excluding hydrogens is 302 g/mol. The summed E-state index contributed by atoms with van der Waals surface area (Å²) in [4.78, 5) is 26.0. The highest BCUT2D eigenvalue weighted by atomic mass is 16.2. The van der Waals surface area contributed by atoms with E-state index in [1.165, 1.54) is 0 Å². The minimum absolute atomic E-state index is 0.121. The van der Waals surface area contributed by atoms with Crippen LogP contribution in [0.4, 0.5) is 11.4 Å². The van der Waals surface area contributed by atoms with Crippen molar-refractivity contribution in [1.29, 1.82) is 0 Å². The lowest BCUT2D eigenvalue weighted by atomic mass is 10.1. The van der Waals surface area contributed by atoms with Crippen LogP contribution in [0.25, 0.3) is 0 Å². The van der Waals surface area contributed by atoms with Crippen LogP contribution >= 0.6 is 0 Å². The first-order chi connectivity index (χ1) is 11.6. The summed E-state index contributed by atoms with van der Waals surface area (Å²) < 4.78 is 0. The van der Waals surface area contributed by atoms with Crippen LogP contribution in [0, 0.1) is 0 Å². The molecule has 0 aliphatic heterocycles. The number of nitrogens with one attached hydrogen (secondary N) is 2. The summed E-state index contributed by atoms with van der Waals surface area (Å²) in [6.45, 7) is 3.10. The monoisotopic (exact) mass is 325 g/mol. The SMILES string of the molecule is CCCNCC(=O)Nc1cccc(C(=O)N(C)c2ccccc2)c1. The van der Waals surface area contributed by atoms with Crippen molar-refractivity contribution in [3.63, 3.8) is 0 Å². The molecule has 0 atom stereocenters. The number of amides is 2. The standard InChI is InChI=1S/C19H23N3O2/c1-3-12-20-14-18(23)21-16-9-7-8-15(13-16)19(24)22(2)17-10-5-4-6-11-17/h4-11,13,20H,3,12,14H2,1-2H3,(H,21,23). The van der Waals surface area contributed by atoms with Gasteiger partial charge in [-0.15, -0.1) is 0 Å². The van der Waals surface area contributed by atoms with Crippen molar-refractivity contribution < 1.29 is 9.59 Å². The molecule has 126 valence electrons. The molecule has 0 unspecified atom stereocenters. The number of rotatable bonds is 7. The smallest absolute Gasteiger partial charge is 0.258 e. The molecule has 2 amide bonds. The highest BCUT2D eigenvalue weighted by Gasteiger charge is 2.14. The van der Waals surface area contributed by atoms with Crippen LogP contribution in [-0.2, 0) is 4.79 Å². The van der Waals surface area contributed by atoms with Crippen LogP contribution in [0.2, 0.25) is 0 Å². The van der Waals surface area contributed by atoms with Crippen molar-refractivity contribution in [3.05, 3.63) is 60.2 Å². The van der Waals surface area contributed by atoms with Crippen LogP contribution in [0.1, 0.15) is 23.7 Å². The number of carbonyl (C=O) groups is 2. The molecular formula is C19H23N3O2. The van der Waals surface area contributed by atoms with E-state index in [-0.39, 0.29) is 18.4 Å². The zero-order valence-electron chi connectivity index (χ0n) is 14.1. The lowest BCUT2D eigenvalue weighted by Gasteiger charge is -2.17. The highest BCUT2D eigenvalue weighted by molar-refractivity contribution is 6.06. The van der Waals surface area contributed by atoms with Gasteiger partial charge in [0.15, 0.2) is 0 Å². The van der Waals surface area contributed by atoms with Crippen molar-refractivity contribution >= 4 is 23.2 Å². The van der Waals surface area contributed by atoms with Crippen LogP contribution in [0.3, 0.4) is 0 Å². The van der Waals surface area contributed by atoms with Crippen molar-refractivity contribution in [2.24, 2.45) is 0 Å². The van der Waals surface area contributed by atoms with E-state index in [0.29, 0.717) is 11.3 Å². The number of para-hydroxylation sites is 1. The number of anilines is 2. The molecule has 0 heterocycles. The molecule has 5 nitrogen and oxygen atoms in total. The topological polar surface area (TPSA) is 61.4 Å². The van der Waals surface area contributed by atoms with Gasteiger partial charge in [-0.3, -0.25) is 9.59 Å². The van der Waals surface area contributed by atoms with Crippen LogP contribution in [0.15, 0.2) is 54.6 Å². The Bertz CT molecular complexity index is 686. The highest BCUT2D eigenvalue weighted by Crippen LogP contribution is 2.17. The second kappa shape index (κ2) is 8.84. The van der Waals surface area contributed by atoms with Gasteiger partial charge >= 0.3 is 0 Å². The third-order valence-corrected chi connectivity index (χ3v) is 3.55. The van der Waals surface area contributed by atoms with Crippen molar-refractivity contribution in [3.8, 4) is 0 Å². The van der Waals surface area contributed by atoms with E-state index in [2.05, 4.69) is 10.6 Å². The van der Waals surface area contributed by atoms with Gasteiger partial charge in [0.25, 0.3) is 5.91 Å². The largest absolute Gasteiger partial charge is 0.325 e. The summed E-state index contributed by atoms with van der Waals surface area (Å²) in [7, 11) is 1.73. The van der Waals surface area contributed by atoms with E-state index in [0.717, 1.165) is 18.7 Å². The fourth-order valence-corrected chi connectivity index (χ4v) is 2.28. The maximum atomic E-state index is 12.6. The Labute approximate surface area is 142 Å². The third kappa shape index (κ3) is 4.93. The number of nitrogens with zero attached hydrogens (tertiary/aromatic N) is 1. The van der Waals surface area contributed by atoms with Gasteiger partial charge in [0.1, 0.15) is 0 Å². The number of hydrogen-bond donors (Lipinski definition) is 2. The Morgan fingerprint density at radius 1 is 1.04 bits per heavy atom. The normalized spacial score (nSPS) is 10.2. The molecule has 24 heavy (non-hydrogen) atoms. The number of benzene rings is 2. The summed E-state index contributed by atoms with van der Waals surface area (Å²) in [5.41, 5.74) is 1.96. The van der Waals surface area contributed by atoms with Crippen molar-refractivity contribution in [2.45, 2.75) is 13.3 Å². The maximum absolute atomic E-state index is 12.6. The van der Waals surface area contributed by atoms with Crippen LogP contribution < -0.4 is 15.5 Å². The first-order valence-corrected chi connectivity index (χ1v) is 8.05. The fourth-order valence-electron chi connectivity index (χ4n) is 2.28. The molecule has 0 aromatic heterocycles. The molecule has 0 bridgehead atoms. The molecule has 0 saturated heterocycles. The Hall–Kier alpha value is -2.66. The summed E-state index contributed by atoms with van der Waals surface area (Å²) in [5.74, 6) is -0.245. The van der Waals surface area contributed by atoms with E-state index in [9.17, 15) is 9.59 Å². The van der Waals surface area contributed by atoms with Gasteiger partial charge in [-0.25, -0.2) is 0 Å². The second-order valence-corrected chi connectivity index (χ2v) is 5.51. The van der Waals surface area contributed by atoms with Crippen LogP contribution in [0.5, 0.6) is 0 Å². The molecule has 0 spiro atoms. The average molecular weight is 325 g/mol. The van der Waals surface area contributed by atoms with E-state index in [1.54, 1.807) is 36.2 Å². The molecule has 2 N–H and O–H groups in total. The molecule has 5 heteroatoms. The molecule has 0 aliphatic rings. The summed E-state index contributed by atoms with van der Waals surface area (Å²) in [5, 5.41) is 5.85. The van der Waals surface area contributed by atoms with E-state index in [1.807, 2.05) is 37.3 Å². The zero-order chi connectivity index (χ0) is 17.4. The summed E-state index contributed by atoms with van der Waals surface area (Å²) >= 11 is 0. The van der Waals surface area contributed by atoms with Crippen molar-refractivity contribution in [1.82, 2.24) is 5.32 Å². The van der Waals surface area contributed by atoms with Crippen LogP contribution in [-0.4, -0.2) is 32.0 Å². The van der Waals surface area contributed by atoms with Gasteiger partial charge in [-0.05, 0) is 43.3 Å². The Balaban J connectivity index is 2.04. The molecule has 0 radical (unpaired) electrons. The first kappa shape index (κ1) is 17.7. The molecule has 2 aromatic carbocycles. The average Bonchev–Trinajstić information content (AvgIpc) is 2.61. The molecule has 0 saturated carbocycles. The molecule has 0 fully saturated rings. The predicted octanol–water partition coefficient (Wildman–Crippen LogP) is 2.90. The van der Waals surface area contributed by atoms with Gasteiger partial charge in [0.05, 0.1) is 6.54 Å². The third-order valence-electron chi connectivity index (χ3n) is 3.55. The maximum Gasteiger partial charge on any atom is 0.258 e. The van der Waals surface area contributed by atoms with Crippen molar-refractivity contribution in [2.75, 3.05) is 30.4 Å². The molecule has 0 aliphatic carbocycles. The Kier molecular flexibility index (Phi) is 6.51. The molecule has 2 rings (SSSR count). The lowest BCUT2D eigenvalue weighted by Crippen LogP contribution is -2.29. The van der Waals surface area contributed by atoms with E-state index >= 15 is 0 Å². The minimum Gasteiger partial charge on any atom is -0.325 e. The quantitative estimate of drug-likeness (QED) is 0.770. The first-order valence-electron chi connectivity index (χ1n) is 8.05. The fraction of sp³-hybridized carbons (Fsp3) is 0.263. The zero-order valence-corrected chi connectivity index (χ0v) is 14.1. The lowest BCUT2D eigenvalue weighted by molar-refractivity contribution is -0.115. The summed E-state index contributed by atoms with van der Waals surface area (Å²) in [6.07, 6.45) is 0.975. The van der Waals surface area contributed by atoms with Gasteiger partial charge < -0.3 is 15.5 Å². The minimum atomic E-state index is -0.124. The van der Waals surface area contributed by atoms with Gasteiger partial charge in [-0.2, -0.15) is 0 Å². The van der Waals surface area contributed by atoms with Gasteiger partial charge in [0, 0.05) is 24.0 Å². The second-order valence-electron chi connectivity index (χ2n) is 5.51. The summed E-state index contributed by atoms with van der Waals surface area (Å²) in [6, 6.07) is 16.4. The van der Waals surface area contributed by atoms with E-state index in [4.69, 9.17) is 0 Å².